The van der Waals surface area contributed by atoms with Crippen LogP contribution in [0.25, 0.3) is 11.2 Å². The Labute approximate surface area is 218 Å². The lowest BCUT2D eigenvalue weighted by molar-refractivity contribution is -0.142. The molecule has 1 aliphatic carbocycles. The predicted octanol–water partition coefficient (Wildman–Crippen LogP) is 2.26. The number of rotatable bonds is 13. The molecular formula is C26H43N7O4. The van der Waals surface area contributed by atoms with Crippen LogP contribution in [0.15, 0.2) is 4.79 Å². The van der Waals surface area contributed by atoms with Gasteiger partial charge in [-0.15, -0.1) is 0 Å². The van der Waals surface area contributed by atoms with E-state index in [1.54, 1.807) is 4.57 Å². The molecule has 4 rings (SSSR count). The molecule has 11 heteroatoms. The number of likely N-dealkylation sites (tertiary alicyclic amines) is 1. The Kier molecular flexibility index (Phi) is 9.42. The van der Waals surface area contributed by atoms with Crippen LogP contribution in [0, 0.1) is 11.8 Å². The van der Waals surface area contributed by atoms with E-state index in [1.165, 1.54) is 7.11 Å². The monoisotopic (exact) mass is 517 g/mol. The van der Waals surface area contributed by atoms with Crippen LogP contribution in [-0.4, -0.2) is 88.3 Å². The molecule has 11 nitrogen and oxygen atoms in total. The summed E-state index contributed by atoms with van der Waals surface area (Å²) in [5.41, 5.74) is 6.84. The number of likely N-dealkylation sites (N-methyl/N-ethyl adjacent to an activating group) is 1. The van der Waals surface area contributed by atoms with Gasteiger partial charge in [-0.3, -0.25) is 14.3 Å². The molecule has 0 spiro atoms. The van der Waals surface area contributed by atoms with Crippen LogP contribution in [0.1, 0.15) is 58.3 Å². The molecule has 2 aromatic heterocycles. The first-order valence-corrected chi connectivity index (χ1v) is 13.8. The molecule has 0 aromatic carbocycles. The normalized spacial score (nSPS) is 20.9. The highest BCUT2D eigenvalue weighted by Crippen LogP contribution is 2.32. The van der Waals surface area contributed by atoms with Gasteiger partial charge in [0.15, 0.2) is 11.5 Å². The molecular weight excluding hydrogens is 474 g/mol. The number of ether oxygens (including phenoxy) is 2. The Morgan fingerprint density at radius 1 is 1.16 bits per heavy atom. The Balaban J connectivity index is 1.36. The van der Waals surface area contributed by atoms with Gasteiger partial charge in [0.1, 0.15) is 5.52 Å². The highest BCUT2D eigenvalue weighted by molar-refractivity contribution is 5.81. The quantitative estimate of drug-likeness (QED) is 0.303. The van der Waals surface area contributed by atoms with Gasteiger partial charge < -0.3 is 25.1 Å². The standard InChI is InChI=1S/C26H43N7O4/c1-4-5-13-37-25-29-23(27)22-24(30-25)33(26(35)28-22)12-6-11-32(20-16-31(2)17-20)15-19-9-7-18(8-10-19)14-21(34)36-3/h18-20H,4-17H2,1-3H3,(H,28,35)(H2,27,29,30). The zero-order chi connectivity index (χ0) is 26.4. The summed E-state index contributed by atoms with van der Waals surface area (Å²) >= 11 is 0. The van der Waals surface area contributed by atoms with Crippen molar-refractivity contribution in [2.24, 2.45) is 11.8 Å². The second-order valence-electron chi connectivity index (χ2n) is 10.8. The first-order valence-electron chi connectivity index (χ1n) is 13.8. The maximum Gasteiger partial charge on any atom is 0.327 e. The molecule has 3 N–H and O–H groups in total. The van der Waals surface area contributed by atoms with Crippen LogP contribution < -0.4 is 16.2 Å². The summed E-state index contributed by atoms with van der Waals surface area (Å²) in [6.07, 6.45) is 7.77. The van der Waals surface area contributed by atoms with Crippen LogP contribution in [0.3, 0.4) is 0 Å². The van der Waals surface area contributed by atoms with Crippen molar-refractivity contribution in [1.82, 2.24) is 29.3 Å². The molecule has 37 heavy (non-hydrogen) atoms. The number of hydrogen-bond acceptors (Lipinski definition) is 9. The molecule has 2 fully saturated rings. The number of nitrogens with one attached hydrogen (secondary N) is 1. The molecule has 3 heterocycles. The first kappa shape index (κ1) is 27.4. The highest BCUT2D eigenvalue weighted by atomic mass is 16.5. The summed E-state index contributed by atoms with van der Waals surface area (Å²) in [6.45, 7) is 7.30. The second kappa shape index (κ2) is 12.7. The zero-order valence-electron chi connectivity index (χ0n) is 22.6. The van der Waals surface area contributed by atoms with Gasteiger partial charge in [0.25, 0.3) is 0 Å². The molecule has 0 atom stereocenters. The lowest BCUT2D eigenvalue weighted by Gasteiger charge is -2.45. The van der Waals surface area contributed by atoms with Crippen LogP contribution in [0.5, 0.6) is 6.01 Å². The molecule has 0 amide bonds. The number of fused-ring (bicyclic) bond motifs is 1. The summed E-state index contributed by atoms with van der Waals surface area (Å²) in [5.74, 6) is 1.23. The smallest absolute Gasteiger partial charge is 0.327 e. The van der Waals surface area contributed by atoms with E-state index in [1.807, 2.05) is 0 Å². The largest absolute Gasteiger partial charge is 0.469 e. The number of hydrogen-bond donors (Lipinski definition) is 2. The minimum absolute atomic E-state index is 0.0956. The number of methoxy groups -OCH3 is 1. The van der Waals surface area contributed by atoms with Crippen molar-refractivity contribution in [2.75, 3.05) is 52.7 Å². The molecule has 0 bridgehead atoms. The average molecular weight is 518 g/mol. The number of aromatic amines is 1. The van der Waals surface area contributed by atoms with Crippen molar-refractivity contribution in [1.29, 1.82) is 0 Å². The van der Waals surface area contributed by atoms with E-state index in [0.717, 1.165) is 71.1 Å². The van der Waals surface area contributed by atoms with Gasteiger partial charge in [-0.25, -0.2) is 4.79 Å². The number of nitrogen functional groups attached to an aromatic ring is 1. The number of H-pyrrole nitrogens is 1. The molecule has 1 saturated heterocycles. The maximum atomic E-state index is 12.7. The number of esters is 1. The Morgan fingerprint density at radius 2 is 1.89 bits per heavy atom. The Hall–Kier alpha value is -2.66. The third-order valence-electron chi connectivity index (χ3n) is 7.89. The second-order valence-corrected chi connectivity index (χ2v) is 10.8. The van der Waals surface area contributed by atoms with Crippen LogP contribution in [0.4, 0.5) is 5.82 Å². The molecule has 2 aromatic rings. The van der Waals surface area contributed by atoms with E-state index < -0.39 is 0 Å². The third kappa shape index (κ3) is 7.01. The fourth-order valence-corrected chi connectivity index (χ4v) is 5.63. The summed E-state index contributed by atoms with van der Waals surface area (Å²) in [6, 6.07) is 0.766. The summed E-state index contributed by atoms with van der Waals surface area (Å²) < 4.78 is 12.2. The predicted molar refractivity (Wildman–Crippen MR) is 143 cm³/mol. The molecule has 2 aliphatic rings. The van der Waals surface area contributed by atoms with Crippen LogP contribution in [0.2, 0.25) is 0 Å². The molecule has 1 aliphatic heterocycles. The van der Waals surface area contributed by atoms with Crippen LogP contribution >= 0.6 is 0 Å². The third-order valence-corrected chi connectivity index (χ3v) is 7.89. The van der Waals surface area contributed by atoms with Gasteiger partial charge >= 0.3 is 17.7 Å². The van der Waals surface area contributed by atoms with Crippen LogP contribution in [-0.2, 0) is 16.1 Å². The summed E-state index contributed by atoms with van der Waals surface area (Å²) in [4.78, 5) is 40.8. The van der Waals surface area contributed by atoms with Gasteiger partial charge in [-0.05, 0) is 57.4 Å². The number of nitrogens with two attached hydrogens (primary N) is 1. The van der Waals surface area contributed by atoms with E-state index in [9.17, 15) is 9.59 Å². The van der Waals surface area contributed by atoms with Gasteiger partial charge in [0, 0.05) is 45.2 Å². The number of imidazole rings is 1. The van der Waals surface area contributed by atoms with E-state index in [2.05, 4.69) is 38.7 Å². The lowest BCUT2D eigenvalue weighted by atomic mass is 9.80. The van der Waals surface area contributed by atoms with Crippen molar-refractivity contribution < 1.29 is 14.3 Å². The number of nitrogens with zero attached hydrogens (tertiary/aromatic N) is 5. The number of aromatic nitrogens is 4. The molecule has 1 saturated carbocycles. The SMILES string of the molecule is CCCCOc1nc(N)c2[nH]c(=O)n(CCCN(CC3CCC(CC(=O)OC)CC3)C3CN(C)C3)c2n1. The number of unbranched alkanes of at least 4 members (excludes halogenated alkanes) is 1. The van der Waals surface area contributed by atoms with Crippen molar-refractivity contribution in [2.45, 2.75) is 70.9 Å². The van der Waals surface area contributed by atoms with E-state index in [0.29, 0.717) is 48.6 Å². The topological polar surface area (TPSA) is 132 Å². The molecule has 206 valence electrons. The van der Waals surface area contributed by atoms with E-state index in [4.69, 9.17) is 15.2 Å². The maximum absolute atomic E-state index is 12.7. The highest BCUT2D eigenvalue weighted by Gasteiger charge is 2.32. The van der Waals surface area contributed by atoms with E-state index >= 15 is 0 Å². The van der Waals surface area contributed by atoms with Crippen molar-refractivity contribution in [3.63, 3.8) is 0 Å². The van der Waals surface area contributed by atoms with Gasteiger partial charge in [-0.2, -0.15) is 9.97 Å². The minimum Gasteiger partial charge on any atom is -0.469 e. The summed E-state index contributed by atoms with van der Waals surface area (Å²) in [5, 5.41) is 0. The van der Waals surface area contributed by atoms with Crippen molar-refractivity contribution >= 4 is 23.0 Å². The Morgan fingerprint density at radius 3 is 2.57 bits per heavy atom. The Bertz CT molecular complexity index is 1090. The summed E-state index contributed by atoms with van der Waals surface area (Å²) in [7, 11) is 3.62. The fourth-order valence-electron chi connectivity index (χ4n) is 5.63. The molecule has 0 radical (unpaired) electrons. The number of carbonyl (C=O) groups excluding carboxylic acids is 1. The van der Waals surface area contributed by atoms with Gasteiger partial charge in [-0.1, -0.05) is 13.3 Å². The number of carbonyl (C=O) groups is 1. The van der Waals surface area contributed by atoms with E-state index in [-0.39, 0.29) is 23.5 Å². The first-order chi connectivity index (χ1) is 17.9. The average Bonchev–Trinajstić information content (AvgIpc) is 3.18. The number of aryl methyl sites for hydroxylation is 1. The van der Waals surface area contributed by atoms with Crippen molar-refractivity contribution in [3.8, 4) is 6.01 Å². The fraction of sp³-hybridized carbons (Fsp3) is 0.769. The van der Waals surface area contributed by atoms with Gasteiger partial charge in [0.05, 0.1) is 13.7 Å². The number of anilines is 1. The minimum atomic E-state index is -0.222. The zero-order valence-corrected chi connectivity index (χ0v) is 22.6. The van der Waals surface area contributed by atoms with Crippen molar-refractivity contribution in [3.05, 3.63) is 10.5 Å². The lowest BCUT2D eigenvalue weighted by Crippen LogP contribution is -2.58. The molecule has 0 unspecified atom stereocenters. The van der Waals surface area contributed by atoms with Gasteiger partial charge in [0.2, 0.25) is 0 Å².